The monoisotopic (exact) mass is 347 g/mol. The van der Waals surface area contributed by atoms with E-state index < -0.39 is 12.1 Å². The zero-order valence-electron chi connectivity index (χ0n) is 13.7. The average molecular weight is 348 g/mol. The summed E-state index contributed by atoms with van der Waals surface area (Å²) in [6.45, 7) is 5.73. The van der Waals surface area contributed by atoms with Gasteiger partial charge >= 0.3 is 12.1 Å². The normalized spacial score (nSPS) is 10.2. The lowest BCUT2D eigenvalue weighted by atomic mass is 10.1. The number of nitrogens with one attached hydrogen (secondary N) is 1. The maximum atomic E-state index is 12.0. The van der Waals surface area contributed by atoms with Gasteiger partial charge < -0.3 is 9.47 Å². The molecule has 2 rings (SSSR count). The molecule has 0 atom stereocenters. The first-order chi connectivity index (χ1) is 11.4. The maximum Gasteiger partial charge on any atom is 0.417 e. The molecule has 2 aromatic rings. The van der Waals surface area contributed by atoms with Crippen molar-refractivity contribution in [3.8, 4) is 5.75 Å². The molecule has 1 N–H and O–H groups in total. The highest BCUT2D eigenvalue weighted by Gasteiger charge is 2.10. The fourth-order valence-electron chi connectivity index (χ4n) is 2.12. The van der Waals surface area contributed by atoms with Gasteiger partial charge in [-0.05, 0) is 68.3 Å². The molecule has 0 radical (unpaired) electrons. The first-order valence-corrected chi connectivity index (χ1v) is 7.81. The molecule has 1 amide bonds. The van der Waals surface area contributed by atoms with Gasteiger partial charge in [0.1, 0.15) is 5.75 Å². The third kappa shape index (κ3) is 4.49. The van der Waals surface area contributed by atoms with E-state index in [4.69, 9.17) is 21.1 Å². The number of aryl methyl sites for hydroxylation is 2. The Morgan fingerprint density at radius 1 is 1.08 bits per heavy atom. The lowest BCUT2D eigenvalue weighted by molar-refractivity contribution is 0.0526. The van der Waals surface area contributed by atoms with E-state index in [0.29, 0.717) is 28.6 Å². The Balaban J connectivity index is 2.01. The van der Waals surface area contributed by atoms with Crippen LogP contribution in [-0.4, -0.2) is 18.7 Å². The molecular formula is C18H18ClNO4. The molecule has 0 saturated carbocycles. The summed E-state index contributed by atoms with van der Waals surface area (Å²) < 4.78 is 10.1. The minimum Gasteiger partial charge on any atom is -0.462 e. The molecule has 0 bridgehead atoms. The van der Waals surface area contributed by atoms with Gasteiger partial charge in [-0.1, -0.05) is 11.6 Å². The van der Waals surface area contributed by atoms with Crippen molar-refractivity contribution in [3.05, 3.63) is 58.1 Å². The lowest BCUT2D eigenvalue weighted by Crippen LogP contribution is -2.17. The van der Waals surface area contributed by atoms with E-state index in [9.17, 15) is 9.59 Å². The van der Waals surface area contributed by atoms with Crippen LogP contribution in [0.15, 0.2) is 36.4 Å². The number of benzene rings is 2. The van der Waals surface area contributed by atoms with Crippen LogP contribution in [0.3, 0.4) is 0 Å². The van der Waals surface area contributed by atoms with E-state index in [0.717, 1.165) is 11.1 Å². The minimum atomic E-state index is -0.625. The molecule has 126 valence electrons. The molecule has 6 heteroatoms. The van der Waals surface area contributed by atoms with Gasteiger partial charge in [-0.2, -0.15) is 0 Å². The highest BCUT2D eigenvalue weighted by Crippen LogP contribution is 2.26. The molecule has 2 aromatic carbocycles. The van der Waals surface area contributed by atoms with Crippen LogP contribution in [-0.2, 0) is 4.74 Å². The summed E-state index contributed by atoms with van der Waals surface area (Å²) in [5.74, 6) is 0.00813. The van der Waals surface area contributed by atoms with Crippen LogP contribution in [0.2, 0.25) is 5.02 Å². The molecule has 0 aromatic heterocycles. The average Bonchev–Trinajstić information content (AvgIpc) is 2.53. The zero-order chi connectivity index (χ0) is 17.7. The number of ether oxygens (including phenoxy) is 2. The van der Waals surface area contributed by atoms with Crippen molar-refractivity contribution < 1.29 is 19.1 Å². The second kappa shape index (κ2) is 7.84. The Morgan fingerprint density at radius 3 is 2.21 bits per heavy atom. The van der Waals surface area contributed by atoms with Crippen LogP contribution in [0.1, 0.15) is 28.4 Å². The number of esters is 1. The van der Waals surface area contributed by atoms with Crippen molar-refractivity contribution in [2.45, 2.75) is 20.8 Å². The largest absolute Gasteiger partial charge is 0.462 e. The Labute approximate surface area is 145 Å². The Hall–Kier alpha value is -2.53. The Kier molecular flexibility index (Phi) is 5.82. The number of hydrogen-bond acceptors (Lipinski definition) is 4. The molecule has 0 aliphatic carbocycles. The topological polar surface area (TPSA) is 64.6 Å². The van der Waals surface area contributed by atoms with Crippen molar-refractivity contribution in [1.29, 1.82) is 0 Å². The van der Waals surface area contributed by atoms with Crippen LogP contribution < -0.4 is 10.1 Å². The maximum absolute atomic E-state index is 12.0. The van der Waals surface area contributed by atoms with Crippen molar-refractivity contribution in [3.63, 3.8) is 0 Å². The van der Waals surface area contributed by atoms with Gasteiger partial charge in [0.2, 0.25) is 0 Å². The fourth-order valence-corrected chi connectivity index (χ4v) is 2.23. The predicted molar refractivity (Wildman–Crippen MR) is 93.0 cm³/mol. The standard InChI is InChI=1S/C18H18ClNO4/c1-4-23-17(21)13-5-7-14(8-6-13)20-18(22)24-15-9-11(2)16(19)12(3)10-15/h5-10H,4H2,1-3H3,(H,20,22). The second-order valence-corrected chi connectivity index (χ2v) is 5.56. The Bertz CT molecular complexity index is 733. The number of amides is 1. The number of rotatable bonds is 4. The van der Waals surface area contributed by atoms with Gasteiger partial charge in [0.15, 0.2) is 0 Å². The van der Waals surface area contributed by atoms with E-state index in [-0.39, 0.29) is 0 Å². The summed E-state index contributed by atoms with van der Waals surface area (Å²) in [6.07, 6.45) is -0.625. The summed E-state index contributed by atoms with van der Waals surface area (Å²) in [5, 5.41) is 3.25. The summed E-state index contributed by atoms with van der Waals surface area (Å²) in [6, 6.07) is 9.74. The van der Waals surface area contributed by atoms with Gasteiger partial charge in [0, 0.05) is 10.7 Å². The van der Waals surface area contributed by atoms with Gasteiger partial charge in [-0.3, -0.25) is 5.32 Å². The molecule has 0 aliphatic rings. The molecule has 0 unspecified atom stereocenters. The Morgan fingerprint density at radius 2 is 1.67 bits per heavy atom. The number of carbonyl (C=O) groups excluding carboxylic acids is 2. The molecule has 0 aliphatic heterocycles. The van der Waals surface area contributed by atoms with Crippen molar-refractivity contribution in [1.82, 2.24) is 0 Å². The first-order valence-electron chi connectivity index (χ1n) is 7.43. The zero-order valence-corrected chi connectivity index (χ0v) is 14.4. The number of hydrogen-bond donors (Lipinski definition) is 1. The molecule has 0 heterocycles. The van der Waals surface area contributed by atoms with Gasteiger partial charge in [-0.25, -0.2) is 9.59 Å². The molecule has 0 fully saturated rings. The lowest BCUT2D eigenvalue weighted by Gasteiger charge is -2.10. The van der Waals surface area contributed by atoms with Gasteiger partial charge in [0.25, 0.3) is 0 Å². The van der Waals surface area contributed by atoms with E-state index >= 15 is 0 Å². The third-order valence-electron chi connectivity index (χ3n) is 3.26. The molecule has 0 saturated heterocycles. The van der Waals surface area contributed by atoms with Crippen LogP contribution in [0, 0.1) is 13.8 Å². The van der Waals surface area contributed by atoms with Crippen LogP contribution >= 0.6 is 11.6 Å². The van der Waals surface area contributed by atoms with E-state index in [2.05, 4.69) is 5.32 Å². The summed E-state index contributed by atoms with van der Waals surface area (Å²) in [7, 11) is 0. The highest BCUT2D eigenvalue weighted by atomic mass is 35.5. The number of anilines is 1. The molecule has 5 nitrogen and oxygen atoms in total. The van der Waals surface area contributed by atoms with Crippen LogP contribution in [0.4, 0.5) is 10.5 Å². The molecule has 24 heavy (non-hydrogen) atoms. The first kappa shape index (κ1) is 17.8. The fraction of sp³-hybridized carbons (Fsp3) is 0.222. The highest BCUT2D eigenvalue weighted by molar-refractivity contribution is 6.32. The summed E-state index contributed by atoms with van der Waals surface area (Å²) >= 11 is 6.08. The third-order valence-corrected chi connectivity index (χ3v) is 3.86. The summed E-state index contributed by atoms with van der Waals surface area (Å²) in [5.41, 5.74) is 2.59. The van der Waals surface area contributed by atoms with Crippen LogP contribution in [0.5, 0.6) is 5.75 Å². The van der Waals surface area contributed by atoms with Crippen molar-refractivity contribution in [2.24, 2.45) is 0 Å². The number of halogens is 1. The quantitative estimate of drug-likeness (QED) is 0.811. The van der Waals surface area contributed by atoms with E-state index in [1.807, 2.05) is 13.8 Å². The second-order valence-electron chi connectivity index (χ2n) is 5.18. The van der Waals surface area contributed by atoms with E-state index in [1.165, 1.54) is 0 Å². The predicted octanol–water partition coefficient (Wildman–Crippen LogP) is 4.74. The van der Waals surface area contributed by atoms with Gasteiger partial charge in [-0.15, -0.1) is 0 Å². The summed E-state index contributed by atoms with van der Waals surface area (Å²) in [4.78, 5) is 23.5. The van der Waals surface area contributed by atoms with Gasteiger partial charge in [0.05, 0.1) is 12.2 Å². The molecular weight excluding hydrogens is 330 g/mol. The smallest absolute Gasteiger partial charge is 0.417 e. The SMILES string of the molecule is CCOC(=O)c1ccc(NC(=O)Oc2cc(C)c(Cl)c(C)c2)cc1. The number of carbonyl (C=O) groups is 2. The minimum absolute atomic E-state index is 0.311. The van der Waals surface area contributed by atoms with Crippen LogP contribution in [0.25, 0.3) is 0 Å². The molecule has 0 spiro atoms. The van der Waals surface area contributed by atoms with E-state index in [1.54, 1.807) is 43.3 Å². The van der Waals surface area contributed by atoms with Crippen molar-refractivity contribution >= 4 is 29.4 Å². The van der Waals surface area contributed by atoms with Crippen molar-refractivity contribution in [2.75, 3.05) is 11.9 Å².